The van der Waals surface area contributed by atoms with Crippen LogP contribution in [-0.2, 0) is 4.79 Å². The summed E-state index contributed by atoms with van der Waals surface area (Å²) >= 11 is 3.41. The number of halogens is 1. The van der Waals surface area contributed by atoms with Crippen molar-refractivity contribution >= 4 is 27.5 Å². The molecule has 2 N–H and O–H groups in total. The van der Waals surface area contributed by atoms with Crippen molar-refractivity contribution in [2.45, 2.75) is 20.3 Å². The molecule has 0 spiro atoms. The predicted octanol–water partition coefficient (Wildman–Crippen LogP) is 2.94. The summed E-state index contributed by atoms with van der Waals surface area (Å²) < 4.78 is 0.972. The summed E-state index contributed by atoms with van der Waals surface area (Å²) in [4.78, 5) is 12.0. The molecule has 0 bridgehead atoms. The minimum atomic E-state index is 0.0124. The summed E-state index contributed by atoms with van der Waals surface area (Å²) in [5.41, 5.74) is 1.94. The normalized spacial score (nSPS) is 12.2. The van der Waals surface area contributed by atoms with Crippen LogP contribution in [0.15, 0.2) is 22.7 Å². The lowest BCUT2D eigenvalue weighted by molar-refractivity contribution is -0.119. The second-order valence-corrected chi connectivity index (χ2v) is 5.03. The van der Waals surface area contributed by atoms with Gasteiger partial charge in [-0.2, -0.15) is 0 Å². The highest BCUT2D eigenvalue weighted by atomic mass is 79.9. The Morgan fingerprint density at radius 1 is 1.47 bits per heavy atom. The molecular weight excluding hydrogens is 280 g/mol. The van der Waals surface area contributed by atoms with Crippen molar-refractivity contribution in [3.8, 4) is 0 Å². The average molecular weight is 299 g/mol. The highest BCUT2D eigenvalue weighted by Gasteiger charge is 2.16. The monoisotopic (exact) mass is 298 g/mol. The molecule has 1 unspecified atom stereocenters. The third kappa shape index (κ3) is 4.13. The third-order valence-corrected chi connectivity index (χ3v) is 3.26. The molecule has 17 heavy (non-hydrogen) atoms. The number of carbonyl (C=O) groups is 1. The zero-order valence-electron chi connectivity index (χ0n) is 10.5. The lowest BCUT2D eigenvalue weighted by Crippen LogP contribution is -2.30. The Hall–Kier alpha value is -0.870. The lowest BCUT2D eigenvalue weighted by atomic mass is 10.1. The number of nitrogens with one attached hydrogen (secondary N) is 2. The van der Waals surface area contributed by atoms with Crippen LogP contribution in [0.5, 0.6) is 0 Å². The highest BCUT2D eigenvalue weighted by Crippen LogP contribution is 2.21. The lowest BCUT2D eigenvalue weighted by Gasteiger charge is -2.15. The van der Waals surface area contributed by atoms with Crippen LogP contribution >= 0.6 is 15.9 Å². The van der Waals surface area contributed by atoms with E-state index < -0.39 is 0 Å². The number of aryl methyl sites for hydroxylation is 1. The Morgan fingerprint density at radius 3 is 2.76 bits per heavy atom. The summed E-state index contributed by atoms with van der Waals surface area (Å²) in [6.45, 7) is 4.71. The molecule has 0 radical (unpaired) electrons. The zero-order chi connectivity index (χ0) is 12.8. The Kier molecular flexibility index (Phi) is 5.65. The Balaban J connectivity index is 2.76. The molecule has 94 valence electrons. The van der Waals surface area contributed by atoms with E-state index in [4.69, 9.17) is 0 Å². The van der Waals surface area contributed by atoms with Gasteiger partial charge in [0.05, 0.1) is 5.92 Å². The van der Waals surface area contributed by atoms with Crippen LogP contribution in [0.2, 0.25) is 0 Å². The molecule has 0 aliphatic carbocycles. The quantitative estimate of drug-likeness (QED) is 0.877. The Morgan fingerprint density at radius 2 is 2.18 bits per heavy atom. The van der Waals surface area contributed by atoms with Gasteiger partial charge in [0.2, 0.25) is 5.91 Å². The number of hydrogen-bond donors (Lipinski definition) is 2. The molecule has 0 fully saturated rings. The van der Waals surface area contributed by atoms with Gasteiger partial charge in [0.25, 0.3) is 0 Å². The number of anilines is 1. The summed E-state index contributed by atoms with van der Waals surface area (Å²) in [5, 5.41) is 6.02. The van der Waals surface area contributed by atoms with Gasteiger partial charge in [-0.3, -0.25) is 4.79 Å². The van der Waals surface area contributed by atoms with E-state index in [0.29, 0.717) is 6.54 Å². The summed E-state index contributed by atoms with van der Waals surface area (Å²) in [6.07, 6.45) is 0.833. The Bertz CT molecular complexity index is 393. The smallest absolute Gasteiger partial charge is 0.228 e. The first-order valence-corrected chi connectivity index (χ1v) is 6.59. The molecule has 0 aliphatic rings. The van der Waals surface area contributed by atoms with Crippen molar-refractivity contribution in [1.82, 2.24) is 5.32 Å². The standard InChI is InChI=1S/C13H19BrN2O/c1-4-10(8-15-3)13(17)16-12-7-11(14)6-5-9(12)2/h5-7,10,15H,4,8H2,1-3H3,(H,16,17). The van der Waals surface area contributed by atoms with Crippen molar-refractivity contribution in [2.24, 2.45) is 5.92 Å². The molecule has 0 aromatic heterocycles. The second kappa shape index (κ2) is 6.77. The fourth-order valence-electron chi connectivity index (χ4n) is 1.63. The van der Waals surface area contributed by atoms with Gasteiger partial charge in [-0.1, -0.05) is 28.9 Å². The molecule has 0 saturated heterocycles. The zero-order valence-corrected chi connectivity index (χ0v) is 12.1. The number of benzene rings is 1. The van der Waals surface area contributed by atoms with Crippen molar-refractivity contribution in [2.75, 3.05) is 18.9 Å². The van der Waals surface area contributed by atoms with E-state index in [0.717, 1.165) is 22.1 Å². The largest absolute Gasteiger partial charge is 0.326 e. The second-order valence-electron chi connectivity index (χ2n) is 4.11. The molecule has 1 amide bonds. The number of carbonyl (C=O) groups excluding carboxylic acids is 1. The fourth-order valence-corrected chi connectivity index (χ4v) is 1.99. The maximum atomic E-state index is 12.0. The van der Waals surface area contributed by atoms with Crippen molar-refractivity contribution in [1.29, 1.82) is 0 Å². The first kappa shape index (κ1) is 14.2. The van der Waals surface area contributed by atoms with Gasteiger partial charge in [-0.25, -0.2) is 0 Å². The molecule has 1 rings (SSSR count). The Labute approximate surface area is 111 Å². The molecule has 0 saturated carbocycles. The van der Waals surface area contributed by atoms with Gasteiger partial charge in [-0.05, 0) is 38.1 Å². The average Bonchev–Trinajstić information content (AvgIpc) is 2.30. The fraction of sp³-hybridized carbons (Fsp3) is 0.462. The van der Waals surface area contributed by atoms with Crippen molar-refractivity contribution in [3.63, 3.8) is 0 Å². The van der Waals surface area contributed by atoms with E-state index in [1.54, 1.807) is 0 Å². The van der Waals surface area contributed by atoms with E-state index in [9.17, 15) is 4.79 Å². The molecule has 3 nitrogen and oxygen atoms in total. The van der Waals surface area contributed by atoms with Gasteiger partial charge in [0, 0.05) is 16.7 Å². The third-order valence-electron chi connectivity index (χ3n) is 2.77. The minimum absolute atomic E-state index is 0.0124. The van der Waals surface area contributed by atoms with Crippen LogP contribution in [0.25, 0.3) is 0 Å². The SMILES string of the molecule is CCC(CNC)C(=O)Nc1cc(Br)ccc1C. The van der Waals surface area contributed by atoms with E-state index in [2.05, 4.69) is 26.6 Å². The molecule has 0 aliphatic heterocycles. The summed E-state index contributed by atoms with van der Waals surface area (Å²) in [7, 11) is 1.86. The van der Waals surface area contributed by atoms with Crippen LogP contribution in [0, 0.1) is 12.8 Å². The molecule has 1 atom stereocenters. The topological polar surface area (TPSA) is 41.1 Å². The first-order chi connectivity index (χ1) is 8.08. The molecule has 1 aromatic carbocycles. The van der Waals surface area contributed by atoms with Gasteiger partial charge in [-0.15, -0.1) is 0 Å². The maximum Gasteiger partial charge on any atom is 0.228 e. The van der Waals surface area contributed by atoms with Crippen LogP contribution in [0.1, 0.15) is 18.9 Å². The number of rotatable bonds is 5. The van der Waals surface area contributed by atoms with Crippen LogP contribution in [-0.4, -0.2) is 19.5 Å². The van der Waals surface area contributed by atoms with E-state index in [-0.39, 0.29) is 11.8 Å². The van der Waals surface area contributed by atoms with E-state index >= 15 is 0 Å². The summed E-state index contributed by atoms with van der Waals surface area (Å²) in [5.74, 6) is 0.0847. The minimum Gasteiger partial charge on any atom is -0.326 e. The predicted molar refractivity (Wildman–Crippen MR) is 75.2 cm³/mol. The molecule has 1 aromatic rings. The van der Waals surface area contributed by atoms with Crippen molar-refractivity contribution in [3.05, 3.63) is 28.2 Å². The van der Waals surface area contributed by atoms with E-state index in [1.165, 1.54) is 0 Å². The number of hydrogen-bond acceptors (Lipinski definition) is 2. The van der Waals surface area contributed by atoms with Crippen LogP contribution < -0.4 is 10.6 Å². The number of amides is 1. The van der Waals surface area contributed by atoms with Gasteiger partial charge in [0.15, 0.2) is 0 Å². The van der Waals surface area contributed by atoms with Crippen LogP contribution in [0.4, 0.5) is 5.69 Å². The molecule has 4 heteroatoms. The van der Waals surface area contributed by atoms with E-state index in [1.807, 2.05) is 39.1 Å². The molecular formula is C13H19BrN2O. The summed E-state index contributed by atoms with van der Waals surface area (Å²) in [6, 6.07) is 5.88. The van der Waals surface area contributed by atoms with Crippen LogP contribution in [0.3, 0.4) is 0 Å². The first-order valence-electron chi connectivity index (χ1n) is 5.80. The molecule has 0 heterocycles. The maximum absolute atomic E-state index is 12.0. The van der Waals surface area contributed by atoms with Gasteiger partial charge < -0.3 is 10.6 Å². The highest BCUT2D eigenvalue weighted by molar-refractivity contribution is 9.10. The van der Waals surface area contributed by atoms with Crippen molar-refractivity contribution < 1.29 is 4.79 Å². The van der Waals surface area contributed by atoms with Gasteiger partial charge in [0.1, 0.15) is 0 Å². The van der Waals surface area contributed by atoms with Gasteiger partial charge >= 0.3 is 0 Å².